The number of hydrogen-bond donors (Lipinski definition) is 1. The Balaban J connectivity index is 2.35. The van der Waals surface area contributed by atoms with Gasteiger partial charge in [0, 0.05) is 11.6 Å². The summed E-state index contributed by atoms with van der Waals surface area (Å²) in [7, 11) is 1.91. The van der Waals surface area contributed by atoms with E-state index in [1.54, 1.807) is 6.07 Å². The molecular weight excluding hydrogens is 277 g/mol. The van der Waals surface area contributed by atoms with Gasteiger partial charge in [-0.3, -0.25) is 0 Å². The largest absolute Gasteiger partial charge is 0.317 e. The second kappa shape index (κ2) is 6.42. The number of likely N-dealkylation sites (N-methyl/N-ethyl adjacent to an activating group) is 1. The van der Waals surface area contributed by atoms with Gasteiger partial charge >= 0.3 is 0 Å². The average molecular weight is 293 g/mol. The maximum absolute atomic E-state index is 6.26. The van der Waals surface area contributed by atoms with Crippen molar-refractivity contribution in [1.29, 1.82) is 0 Å². The number of benzene rings is 2. The van der Waals surface area contributed by atoms with Gasteiger partial charge in [0.2, 0.25) is 0 Å². The van der Waals surface area contributed by atoms with Gasteiger partial charge in [-0.1, -0.05) is 59.6 Å². The molecule has 1 radical (unpaired) electrons. The highest BCUT2D eigenvalue weighted by molar-refractivity contribution is 6.43. The van der Waals surface area contributed by atoms with E-state index in [0.29, 0.717) is 10.0 Å². The lowest BCUT2D eigenvalue weighted by Crippen LogP contribution is -2.23. The fraction of sp³-hybridized carbons (Fsp3) is 0.188. The molecule has 0 saturated carbocycles. The first-order valence-corrected chi connectivity index (χ1v) is 6.91. The molecule has 3 heteroatoms. The zero-order valence-corrected chi connectivity index (χ0v) is 12.3. The van der Waals surface area contributed by atoms with Gasteiger partial charge in [0.15, 0.2) is 0 Å². The molecule has 0 saturated heterocycles. The molecule has 0 aliphatic heterocycles. The topological polar surface area (TPSA) is 12.0 Å². The maximum Gasteiger partial charge on any atom is 0.0670 e. The Morgan fingerprint density at radius 1 is 1.16 bits per heavy atom. The first kappa shape index (κ1) is 14.4. The predicted octanol–water partition coefficient (Wildman–Crippen LogP) is 4.62. The summed E-state index contributed by atoms with van der Waals surface area (Å²) in [4.78, 5) is 0. The molecule has 0 heterocycles. The van der Waals surface area contributed by atoms with Crippen molar-refractivity contribution >= 4 is 23.2 Å². The van der Waals surface area contributed by atoms with Crippen LogP contribution < -0.4 is 5.32 Å². The van der Waals surface area contributed by atoms with Crippen LogP contribution >= 0.6 is 23.2 Å². The monoisotopic (exact) mass is 292 g/mol. The van der Waals surface area contributed by atoms with Crippen LogP contribution in [0.5, 0.6) is 0 Å². The molecule has 0 bridgehead atoms. The Morgan fingerprint density at radius 3 is 2.63 bits per heavy atom. The van der Waals surface area contributed by atoms with Gasteiger partial charge in [-0.15, -0.1) is 0 Å². The first-order valence-electron chi connectivity index (χ1n) is 6.15. The van der Waals surface area contributed by atoms with Crippen LogP contribution in [0, 0.1) is 6.92 Å². The predicted molar refractivity (Wildman–Crippen MR) is 83.8 cm³/mol. The molecule has 1 nitrogen and oxygen atoms in total. The lowest BCUT2D eigenvalue weighted by molar-refractivity contribution is 0.661. The Labute approximate surface area is 124 Å². The summed E-state index contributed by atoms with van der Waals surface area (Å²) in [6, 6.07) is 14.2. The van der Waals surface area contributed by atoms with Crippen LogP contribution in [-0.2, 0) is 6.42 Å². The number of rotatable bonds is 4. The molecular formula is C16H16Cl2N. The van der Waals surface area contributed by atoms with E-state index in [1.165, 1.54) is 5.56 Å². The van der Waals surface area contributed by atoms with E-state index in [4.69, 9.17) is 23.2 Å². The molecule has 1 atom stereocenters. The average Bonchev–Trinajstić information content (AvgIpc) is 2.42. The molecule has 0 spiro atoms. The smallest absolute Gasteiger partial charge is 0.0670 e. The van der Waals surface area contributed by atoms with Crippen LogP contribution in [0.1, 0.15) is 5.56 Å². The molecule has 0 aliphatic carbocycles. The van der Waals surface area contributed by atoms with Gasteiger partial charge in [-0.2, -0.15) is 0 Å². The summed E-state index contributed by atoms with van der Waals surface area (Å²) >= 11 is 12.3. The summed E-state index contributed by atoms with van der Waals surface area (Å²) in [6.07, 6.45) is 0.878. The summed E-state index contributed by atoms with van der Waals surface area (Å²) in [5.41, 5.74) is 3.26. The molecule has 0 aliphatic rings. The third-order valence-electron chi connectivity index (χ3n) is 3.08. The zero-order valence-electron chi connectivity index (χ0n) is 10.8. The van der Waals surface area contributed by atoms with Gasteiger partial charge in [0.25, 0.3) is 0 Å². The molecule has 19 heavy (non-hydrogen) atoms. The zero-order chi connectivity index (χ0) is 13.8. The van der Waals surface area contributed by atoms with Crippen molar-refractivity contribution in [3.8, 4) is 11.1 Å². The van der Waals surface area contributed by atoms with E-state index in [-0.39, 0.29) is 6.04 Å². The number of halogens is 2. The Hall–Kier alpha value is -1.02. The van der Waals surface area contributed by atoms with E-state index in [1.807, 2.05) is 31.3 Å². The van der Waals surface area contributed by atoms with E-state index < -0.39 is 0 Å². The molecule has 1 N–H and O–H groups in total. The maximum atomic E-state index is 6.26. The standard InChI is InChI=1S/C16H16Cl2N/c1-11(19-2)9-12-5-3-6-13(10-12)14-7-4-8-15(17)16(14)18/h3-8,10-11,19H,1,9H2,2H3. The Morgan fingerprint density at radius 2 is 1.89 bits per heavy atom. The molecule has 2 rings (SSSR count). The van der Waals surface area contributed by atoms with Crippen molar-refractivity contribution in [2.45, 2.75) is 12.5 Å². The van der Waals surface area contributed by atoms with Crippen LogP contribution in [0.15, 0.2) is 42.5 Å². The third-order valence-corrected chi connectivity index (χ3v) is 3.90. The lowest BCUT2D eigenvalue weighted by Gasteiger charge is -2.12. The molecule has 2 aromatic rings. The minimum absolute atomic E-state index is 0.199. The minimum Gasteiger partial charge on any atom is -0.317 e. The Bertz CT molecular complexity index is 566. The summed E-state index contributed by atoms with van der Waals surface area (Å²) in [5, 5.41) is 4.31. The normalized spacial score (nSPS) is 12.4. The van der Waals surface area contributed by atoms with Crippen LogP contribution in [0.3, 0.4) is 0 Å². The van der Waals surface area contributed by atoms with E-state index >= 15 is 0 Å². The molecule has 0 amide bonds. The Kier molecular flexibility index (Phi) is 4.87. The highest BCUT2D eigenvalue weighted by Gasteiger charge is 2.08. The lowest BCUT2D eigenvalue weighted by atomic mass is 10.00. The van der Waals surface area contributed by atoms with Crippen molar-refractivity contribution in [1.82, 2.24) is 5.32 Å². The molecule has 1 unspecified atom stereocenters. The third kappa shape index (κ3) is 3.50. The first-order chi connectivity index (χ1) is 9.11. The fourth-order valence-corrected chi connectivity index (χ4v) is 2.39. The SMILES string of the molecule is [CH2]C(Cc1cccc(-c2cccc(Cl)c2Cl)c1)NC. The minimum atomic E-state index is 0.199. The summed E-state index contributed by atoms with van der Waals surface area (Å²) in [6.45, 7) is 4.03. The van der Waals surface area contributed by atoms with Gasteiger partial charge in [0.1, 0.15) is 0 Å². The van der Waals surface area contributed by atoms with Crippen LogP contribution in [-0.4, -0.2) is 13.1 Å². The second-order valence-corrected chi connectivity index (χ2v) is 5.28. The molecule has 2 aromatic carbocycles. The van der Waals surface area contributed by atoms with Crippen molar-refractivity contribution < 1.29 is 0 Å². The van der Waals surface area contributed by atoms with E-state index in [0.717, 1.165) is 17.5 Å². The highest BCUT2D eigenvalue weighted by Crippen LogP contribution is 2.33. The second-order valence-electron chi connectivity index (χ2n) is 4.49. The molecule has 99 valence electrons. The van der Waals surface area contributed by atoms with Crippen LogP contribution in [0.25, 0.3) is 11.1 Å². The van der Waals surface area contributed by atoms with Gasteiger partial charge in [-0.25, -0.2) is 0 Å². The number of nitrogens with one attached hydrogen (secondary N) is 1. The van der Waals surface area contributed by atoms with Crippen LogP contribution in [0.4, 0.5) is 0 Å². The number of hydrogen-bond acceptors (Lipinski definition) is 1. The fourth-order valence-electron chi connectivity index (χ4n) is 1.98. The van der Waals surface area contributed by atoms with Gasteiger partial charge < -0.3 is 5.32 Å². The van der Waals surface area contributed by atoms with Crippen molar-refractivity contribution in [2.24, 2.45) is 0 Å². The van der Waals surface area contributed by atoms with Crippen molar-refractivity contribution in [3.63, 3.8) is 0 Å². The summed E-state index contributed by atoms with van der Waals surface area (Å²) < 4.78 is 0. The molecule has 0 fully saturated rings. The van der Waals surface area contributed by atoms with E-state index in [2.05, 4.69) is 24.4 Å². The van der Waals surface area contributed by atoms with Gasteiger partial charge in [-0.05, 0) is 37.6 Å². The van der Waals surface area contributed by atoms with Crippen LogP contribution in [0.2, 0.25) is 10.0 Å². The summed E-state index contributed by atoms with van der Waals surface area (Å²) in [5.74, 6) is 0. The molecule has 0 aromatic heterocycles. The highest BCUT2D eigenvalue weighted by atomic mass is 35.5. The quantitative estimate of drug-likeness (QED) is 0.867. The van der Waals surface area contributed by atoms with Crippen molar-refractivity contribution in [2.75, 3.05) is 7.05 Å². The van der Waals surface area contributed by atoms with E-state index in [9.17, 15) is 0 Å². The van der Waals surface area contributed by atoms with Gasteiger partial charge in [0.05, 0.1) is 10.0 Å². The van der Waals surface area contributed by atoms with Crippen molar-refractivity contribution in [3.05, 3.63) is 65.0 Å².